The van der Waals surface area contributed by atoms with E-state index >= 15 is 0 Å². The van der Waals surface area contributed by atoms with Crippen LogP contribution in [0.15, 0.2) is 39.1 Å². The number of rotatable bonds is 5. The minimum atomic E-state index is -0.277. The van der Waals surface area contributed by atoms with Crippen LogP contribution in [0.4, 0.5) is 5.69 Å². The molecule has 0 aliphatic rings. The number of anilines is 1. The highest BCUT2D eigenvalue weighted by Gasteiger charge is 2.11. The Balaban J connectivity index is 2.08. The maximum atomic E-state index is 12.5. The van der Waals surface area contributed by atoms with E-state index in [1.807, 2.05) is 28.8 Å². The summed E-state index contributed by atoms with van der Waals surface area (Å²) in [7, 11) is 1.63. The van der Waals surface area contributed by atoms with Crippen molar-refractivity contribution in [3.63, 3.8) is 0 Å². The minimum Gasteiger partial charge on any atom is -0.383 e. The fourth-order valence-corrected chi connectivity index (χ4v) is 4.77. The van der Waals surface area contributed by atoms with Crippen molar-refractivity contribution in [2.24, 2.45) is 4.99 Å². The van der Waals surface area contributed by atoms with Crippen LogP contribution in [0.3, 0.4) is 0 Å². The second-order valence-electron chi connectivity index (χ2n) is 5.41. The van der Waals surface area contributed by atoms with Gasteiger partial charge in [-0.15, -0.1) is 11.3 Å². The van der Waals surface area contributed by atoms with E-state index in [2.05, 4.69) is 26.2 Å². The van der Waals surface area contributed by atoms with Crippen molar-refractivity contribution in [1.82, 2.24) is 4.57 Å². The molecule has 1 N–H and O–H groups in total. The highest BCUT2D eigenvalue weighted by molar-refractivity contribution is 9.11. The van der Waals surface area contributed by atoms with Gasteiger partial charge in [0.1, 0.15) is 0 Å². The van der Waals surface area contributed by atoms with E-state index in [0.717, 1.165) is 14.0 Å². The number of nitrogens with zero attached hydrogens (tertiary/aromatic N) is 2. The van der Waals surface area contributed by atoms with Crippen molar-refractivity contribution < 1.29 is 14.3 Å². The number of amides is 2. The van der Waals surface area contributed by atoms with Gasteiger partial charge in [-0.3, -0.25) is 9.59 Å². The molecule has 0 atom stereocenters. The number of aromatic nitrogens is 1. The monoisotopic (exact) mass is 453 g/mol. The van der Waals surface area contributed by atoms with Crippen LogP contribution in [0.25, 0.3) is 10.2 Å². The average Bonchev–Trinajstić information content (AvgIpc) is 3.15. The molecule has 1 aromatic carbocycles. The second kappa shape index (κ2) is 8.26. The third-order valence-corrected chi connectivity index (χ3v) is 6.16. The normalized spacial score (nSPS) is 11.9. The highest BCUT2D eigenvalue weighted by atomic mass is 79.9. The molecule has 0 saturated heterocycles. The summed E-state index contributed by atoms with van der Waals surface area (Å²) in [5, 5.41) is 2.77. The number of thiophene rings is 1. The lowest BCUT2D eigenvalue weighted by molar-refractivity contribution is -0.114. The van der Waals surface area contributed by atoms with Gasteiger partial charge in [0, 0.05) is 26.3 Å². The number of benzene rings is 1. The van der Waals surface area contributed by atoms with Gasteiger partial charge in [-0.1, -0.05) is 11.3 Å². The molecule has 0 aliphatic carbocycles. The molecule has 6 nitrogen and oxygen atoms in total. The maximum absolute atomic E-state index is 12.5. The lowest BCUT2D eigenvalue weighted by Crippen LogP contribution is -2.19. The molecule has 0 spiro atoms. The Morgan fingerprint density at radius 1 is 1.27 bits per heavy atom. The van der Waals surface area contributed by atoms with Crippen LogP contribution in [0.1, 0.15) is 16.6 Å². The summed E-state index contributed by atoms with van der Waals surface area (Å²) in [5.41, 5.74) is 1.66. The number of thiazole rings is 1. The molecule has 9 heteroatoms. The molecule has 136 valence electrons. The summed E-state index contributed by atoms with van der Waals surface area (Å²) in [5.74, 6) is -0.406. The Hall–Kier alpha value is -1.81. The summed E-state index contributed by atoms with van der Waals surface area (Å²) in [6.07, 6.45) is 0. The zero-order valence-electron chi connectivity index (χ0n) is 14.1. The second-order valence-corrected chi connectivity index (χ2v) is 8.89. The standard InChI is InChI=1S/C17H16BrN3O3S2/c1-10(22)19-11-3-4-12-14(9-11)26-17(21(12)7-8-24-2)20-16(23)13-5-6-15(18)25-13/h3-6,9H,7-8H2,1-2H3,(H,19,22). The lowest BCUT2D eigenvalue weighted by Gasteiger charge is -2.05. The molecule has 0 unspecified atom stereocenters. The van der Waals surface area contributed by atoms with Crippen molar-refractivity contribution in [2.45, 2.75) is 13.5 Å². The van der Waals surface area contributed by atoms with Crippen molar-refractivity contribution in [2.75, 3.05) is 19.0 Å². The van der Waals surface area contributed by atoms with Gasteiger partial charge in [0.25, 0.3) is 5.91 Å². The average molecular weight is 454 g/mol. The Labute approximate surface area is 166 Å². The molecule has 3 rings (SSSR count). The quantitative estimate of drug-likeness (QED) is 0.636. The Kier molecular flexibility index (Phi) is 6.02. The zero-order chi connectivity index (χ0) is 18.7. The number of carbonyl (C=O) groups excluding carboxylic acids is 2. The highest BCUT2D eigenvalue weighted by Crippen LogP contribution is 2.24. The van der Waals surface area contributed by atoms with Crippen LogP contribution in [-0.2, 0) is 16.1 Å². The first-order chi connectivity index (χ1) is 12.5. The van der Waals surface area contributed by atoms with Crippen molar-refractivity contribution in [3.8, 4) is 0 Å². The maximum Gasteiger partial charge on any atom is 0.289 e. The van der Waals surface area contributed by atoms with Crippen LogP contribution in [0.5, 0.6) is 0 Å². The van der Waals surface area contributed by atoms with Crippen molar-refractivity contribution in [3.05, 3.63) is 43.8 Å². The van der Waals surface area contributed by atoms with Gasteiger partial charge in [-0.2, -0.15) is 4.99 Å². The number of hydrogen-bond donors (Lipinski definition) is 1. The molecule has 0 radical (unpaired) electrons. The number of carbonyl (C=O) groups is 2. The van der Waals surface area contributed by atoms with Gasteiger partial charge in [0.2, 0.25) is 5.91 Å². The van der Waals surface area contributed by atoms with Crippen LogP contribution in [-0.4, -0.2) is 30.1 Å². The van der Waals surface area contributed by atoms with E-state index in [-0.39, 0.29) is 11.8 Å². The van der Waals surface area contributed by atoms with E-state index in [0.29, 0.717) is 28.5 Å². The smallest absolute Gasteiger partial charge is 0.289 e. The van der Waals surface area contributed by atoms with Crippen molar-refractivity contribution >= 4 is 66.3 Å². The molecule has 2 heterocycles. The third kappa shape index (κ3) is 4.29. The number of fused-ring (bicyclic) bond motifs is 1. The van der Waals surface area contributed by atoms with Gasteiger partial charge >= 0.3 is 0 Å². The molecule has 3 aromatic rings. The fourth-order valence-electron chi connectivity index (χ4n) is 2.41. The number of methoxy groups -OCH3 is 1. The zero-order valence-corrected chi connectivity index (χ0v) is 17.3. The Bertz CT molecular complexity index is 1040. The summed E-state index contributed by atoms with van der Waals surface area (Å²) in [4.78, 5) is 29.2. The lowest BCUT2D eigenvalue weighted by atomic mass is 10.3. The van der Waals surface area contributed by atoms with Gasteiger partial charge in [-0.25, -0.2) is 0 Å². The van der Waals surface area contributed by atoms with Crippen LogP contribution < -0.4 is 10.1 Å². The van der Waals surface area contributed by atoms with Gasteiger partial charge in [0.05, 0.1) is 25.5 Å². The first-order valence-electron chi connectivity index (χ1n) is 7.72. The fraction of sp³-hybridized carbons (Fsp3) is 0.235. The summed E-state index contributed by atoms with van der Waals surface area (Å²) in [6, 6.07) is 9.22. The molecule has 2 amide bonds. The molecule has 26 heavy (non-hydrogen) atoms. The molecule has 0 bridgehead atoms. The number of nitrogens with one attached hydrogen (secondary N) is 1. The predicted molar refractivity (Wildman–Crippen MR) is 108 cm³/mol. The van der Waals surface area contributed by atoms with E-state index < -0.39 is 0 Å². The summed E-state index contributed by atoms with van der Waals surface area (Å²) >= 11 is 6.12. The summed E-state index contributed by atoms with van der Waals surface area (Å²) < 4.78 is 8.97. The Morgan fingerprint density at radius 3 is 2.73 bits per heavy atom. The number of hydrogen-bond acceptors (Lipinski definition) is 5. The van der Waals surface area contributed by atoms with Crippen LogP contribution in [0.2, 0.25) is 0 Å². The van der Waals surface area contributed by atoms with Crippen molar-refractivity contribution in [1.29, 1.82) is 0 Å². The first-order valence-corrected chi connectivity index (χ1v) is 10.1. The predicted octanol–water partition coefficient (Wildman–Crippen LogP) is 3.87. The van der Waals surface area contributed by atoms with Gasteiger partial charge in [-0.05, 0) is 46.3 Å². The molecule has 0 aliphatic heterocycles. The van der Waals surface area contributed by atoms with E-state index in [1.54, 1.807) is 13.2 Å². The molecule has 2 aromatic heterocycles. The molecular formula is C17H16BrN3O3S2. The minimum absolute atomic E-state index is 0.128. The molecule has 0 saturated carbocycles. The third-order valence-electron chi connectivity index (χ3n) is 3.50. The van der Waals surface area contributed by atoms with Crippen LogP contribution >= 0.6 is 38.6 Å². The van der Waals surface area contributed by atoms with E-state index in [1.165, 1.54) is 29.6 Å². The summed E-state index contributed by atoms with van der Waals surface area (Å²) in [6.45, 7) is 2.55. The molecule has 0 fully saturated rings. The molecular weight excluding hydrogens is 438 g/mol. The Morgan fingerprint density at radius 2 is 2.08 bits per heavy atom. The van der Waals surface area contributed by atoms with Crippen LogP contribution in [0, 0.1) is 0 Å². The van der Waals surface area contributed by atoms with Gasteiger partial charge in [0.15, 0.2) is 4.80 Å². The number of ether oxygens (including phenoxy) is 1. The topological polar surface area (TPSA) is 72.7 Å². The first kappa shape index (κ1) is 19.0. The van der Waals surface area contributed by atoms with Gasteiger partial charge < -0.3 is 14.6 Å². The SMILES string of the molecule is COCCn1c(=NC(=O)c2ccc(Br)s2)sc2cc(NC(C)=O)ccc21. The largest absolute Gasteiger partial charge is 0.383 e. The van der Waals surface area contributed by atoms with E-state index in [9.17, 15) is 9.59 Å². The number of halogens is 1. The van der Waals surface area contributed by atoms with E-state index in [4.69, 9.17) is 4.74 Å².